The molecular weight excluding hydrogens is 268 g/mol. The first-order chi connectivity index (χ1) is 10.2. The minimum atomic E-state index is -0.126. The third-order valence-electron chi connectivity index (χ3n) is 3.56. The Morgan fingerprint density at radius 2 is 2.38 bits per heavy atom. The summed E-state index contributed by atoms with van der Waals surface area (Å²) in [6.45, 7) is 5.87. The van der Waals surface area contributed by atoms with E-state index in [-0.39, 0.29) is 5.91 Å². The maximum atomic E-state index is 12.7. The summed E-state index contributed by atoms with van der Waals surface area (Å²) in [5, 5.41) is 4.35. The highest BCUT2D eigenvalue weighted by Gasteiger charge is 2.23. The van der Waals surface area contributed by atoms with Gasteiger partial charge in [0.05, 0.1) is 18.0 Å². The summed E-state index contributed by atoms with van der Waals surface area (Å²) < 4.78 is 7.27. The standard InChI is InChI=1S/C15H18N4O2/c1-3-18(13-6-4-7-16-11(13)2)15(20)12-10-14-19(17-12)8-5-9-21-14/h4,6-7,10H,3,5,8-9H2,1-2H3. The molecule has 0 N–H and O–H groups in total. The monoisotopic (exact) mass is 286 g/mol. The van der Waals surface area contributed by atoms with Gasteiger partial charge in [-0.1, -0.05) is 0 Å². The van der Waals surface area contributed by atoms with Crippen LogP contribution in [0, 0.1) is 6.92 Å². The summed E-state index contributed by atoms with van der Waals surface area (Å²) >= 11 is 0. The van der Waals surface area contributed by atoms with Gasteiger partial charge in [-0.3, -0.25) is 9.78 Å². The summed E-state index contributed by atoms with van der Waals surface area (Å²) in [4.78, 5) is 18.6. The molecule has 1 amide bonds. The van der Waals surface area contributed by atoms with Gasteiger partial charge in [0.15, 0.2) is 5.69 Å². The van der Waals surface area contributed by atoms with E-state index in [1.54, 1.807) is 21.8 Å². The third kappa shape index (κ3) is 2.49. The highest BCUT2D eigenvalue weighted by atomic mass is 16.5. The van der Waals surface area contributed by atoms with Crippen LogP contribution >= 0.6 is 0 Å². The number of aromatic nitrogens is 3. The van der Waals surface area contributed by atoms with E-state index in [0.717, 1.165) is 24.3 Å². The SMILES string of the molecule is CCN(C(=O)c1cc2n(n1)CCCO2)c1cccnc1C. The van der Waals surface area contributed by atoms with Crippen LogP contribution in [-0.4, -0.2) is 33.8 Å². The molecule has 3 heterocycles. The second-order valence-corrected chi connectivity index (χ2v) is 4.95. The Balaban J connectivity index is 1.92. The highest BCUT2D eigenvalue weighted by molar-refractivity contribution is 6.05. The third-order valence-corrected chi connectivity index (χ3v) is 3.56. The normalized spacial score (nSPS) is 13.4. The van der Waals surface area contributed by atoms with E-state index < -0.39 is 0 Å². The fourth-order valence-electron chi connectivity index (χ4n) is 2.49. The van der Waals surface area contributed by atoms with Gasteiger partial charge in [0, 0.05) is 31.8 Å². The van der Waals surface area contributed by atoms with Crippen LogP contribution in [0.25, 0.3) is 0 Å². The zero-order valence-corrected chi connectivity index (χ0v) is 12.2. The first kappa shape index (κ1) is 13.6. The minimum Gasteiger partial charge on any atom is -0.478 e. The molecule has 0 aliphatic carbocycles. The molecule has 110 valence electrons. The van der Waals surface area contributed by atoms with E-state index in [9.17, 15) is 4.79 Å². The Kier molecular flexibility index (Phi) is 3.60. The number of hydrogen-bond donors (Lipinski definition) is 0. The van der Waals surface area contributed by atoms with Crippen molar-refractivity contribution in [3.05, 3.63) is 35.8 Å². The van der Waals surface area contributed by atoms with E-state index >= 15 is 0 Å². The Morgan fingerprint density at radius 3 is 3.10 bits per heavy atom. The van der Waals surface area contributed by atoms with Crippen LogP contribution < -0.4 is 9.64 Å². The van der Waals surface area contributed by atoms with E-state index in [4.69, 9.17) is 4.74 Å². The molecule has 2 aromatic heterocycles. The van der Waals surface area contributed by atoms with Crippen molar-refractivity contribution in [3.63, 3.8) is 0 Å². The van der Waals surface area contributed by atoms with Gasteiger partial charge in [0.1, 0.15) is 0 Å². The first-order valence-corrected chi connectivity index (χ1v) is 7.15. The van der Waals surface area contributed by atoms with Gasteiger partial charge in [-0.05, 0) is 26.0 Å². The van der Waals surface area contributed by atoms with Crippen molar-refractivity contribution in [1.29, 1.82) is 0 Å². The molecule has 0 unspecified atom stereocenters. The van der Waals surface area contributed by atoms with Gasteiger partial charge in [0.25, 0.3) is 5.91 Å². The number of amides is 1. The lowest BCUT2D eigenvalue weighted by molar-refractivity contribution is 0.0982. The molecule has 0 aromatic carbocycles. The molecule has 6 heteroatoms. The minimum absolute atomic E-state index is 0.126. The zero-order chi connectivity index (χ0) is 14.8. The van der Waals surface area contributed by atoms with Gasteiger partial charge in [0.2, 0.25) is 5.88 Å². The van der Waals surface area contributed by atoms with Crippen LogP contribution in [0.3, 0.4) is 0 Å². The van der Waals surface area contributed by atoms with Crippen LogP contribution in [-0.2, 0) is 6.54 Å². The lowest BCUT2D eigenvalue weighted by atomic mass is 10.2. The number of aryl methyl sites for hydroxylation is 2. The maximum Gasteiger partial charge on any atom is 0.278 e. The smallest absolute Gasteiger partial charge is 0.278 e. The van der Waals surface area contributed by atoms with Crippen LogP contribution in [0.4, 0.5) is 5.69 Å². The topological polar surface area (TPSA) is 60.2 Å². The summed E-state index contributed by atoms with van der Waals surface area (Å²) in [6.07, 6.45) is 2.64. The van der Waals surface area contributed by atoms with Crippen LogP contribution in [0.5, 0.6) is 5.88 Å². The Labute approximate surface area is 123 Å². The van der Waals surface area contributed by atoms with Crippen molar-refractivity contribution in [1.82, 2.24) is 14.8 Å². The number of carbonyl (C=O) groups excluding carboxylic acids is 1. The van der Waals surface area contributed by atoms with Gasteiger partial charge >= 0.3 is 0 Å². The molecule has 0 saturated heterocycles. The number of anilines is 1. The van der Waals surface area contributed by atoms with Crippen molar-refractivity contribution in [2.45, 2.75) is 26.8 Å². The molecule has 0 saturated carbocycles. The fourth-order valence-corrected chi connectivity index (χ4v) is 2.49. The van der Waals surface area contributed by atoms with Crippen LogP contribution in [0.15, 0.2) is 24.4 Å². The number of nitrogens with zero attached hydrogens (tertiary/aromatic N) is 4. The van der Waals surface area contributed by atoms with Crippen molar-refractivity contribution < 1.29 is 9.53 Å². The highest BCUT2D eigenvalue weighted by Crippen LogP contribution is 2.23. The van der Waals surface area contributed by atoms with Crippen molar-refractivity contribution in [3.8, 4) is 5.88 Å². The molecule has 21 heavy (non-hydrogen) atoms. The molecule has 0 atom stereocenters. The molecule has 0 spiro atoms. The van der Waals surface area contributed by atoms with Crippen molar-refractivity contribution in [2.24, 2.45) is 0 Å². The molecule has 3 rings (SSSR count). The Bertz CT molecular complexity index is 642. The van der Waals surface area contributed by atoms with Crippen LogP contribution in [0.2, 0.25) is 0 Å². The first-order valence-electron chi connectivity index (χ1n) is 7.15. The molecule has 6 nitrogen and oxygen atoms in total. The lowest BCUT2D eigenvalue weighted by Crippen LogP contribution is -2.31. The summed E-state index contributed by atoms with van der Waals surface area (Å²) in [7, 11) is 0. The van der Waals surface area contributed by atoms with Crippen molar-refractivity contribution >= 4 is 11.6 Å². The van der Waals surface area contributed by atoms with Gasteiger partial charge in [-0.2, -0.15) is 5.10 Å². The molecule has 0 bridgehead atoms. The number of fused-ring (bicyclic) bond motifs is 1. The van der Waals surface area contributed by atoms with E-state index in [1.807, 2.05) is 26.0 Å². The predicted molar refractivity (Wildman–Crippen MR) is 78.7 cm³/mol. The average molecular weight is 286 g/mol. The van der Waals surface area contributed by atoms with Gasteiger partial charge in [-0.15, -0.1) is 0 Å². The fraction of sp³-hybridized carbons (Fsp3) is 0.400. The predicted octanol–water partition coefficient (Wildman–Crippen LogP) is 2.04. The second kappa shape index (κ2) is 5.55. The second-order valence-electron chi connectivity index (χ2n) is 4.95. The molecule has 1 aliphatic rings. The van der Waals surface area contributed by atoms with E-state index in [2.05, 4.69) is 10.1 Å². The Morgan fingerprint density at radius 1 is 1.52 bits per heavy atom. The molecule has 0 radical (unpaired) electrons. The number of ether oxygens (including phenoxy) is 1. The van der Waals surface area contributed by atoms with Gasteiger partial charge in [-0.25, -0.2) is 4.68 Å². The van der Waals surface area contributed by atoms with E-state index in [0.29, 0.717) is 24.7 Å². The van der Waals surface area contributed by atoms with E-state index in [1.165, 1.54) is 0 Å². The van der Waals surface area contributed by atoms with Crippen molar-refractivity contribution in [2.75, 3.05) is 18.1 Å². The summed E-state index contributed by atoms with van der Waals surface area (Å²) in [6, 6.07) is 5.45. The Hall–Kier alpha value is -2.37. The van der Waals surface area contributed by atoms with Crippen LogP contribution in [0.1, 0.15) is 29.5 Å². The number of rotatable bonds is 3. The quantitative estimate of drug-likeness (QED) is 0.866. The zero-order valence-electron chi connectivity index (χ0n) is 12.2. The summed E-state index contributed by atoms with van der Waals surface area (Å²) in [5.41, 5.74) is 2.06. The number of carbonyl (C=O) groups is 1. The number of pyridine rings is 1. The molecule has 0 fully saturated rings. The lowest BCUT2D eigenvalue weighted by Gasteiger charge is -2.21. The maximum absolute atomic E-state index is 12.7. The molecule has 1 aliphatic heterocycles. The molecular formula is C15H18N4O2. The average Bonchev–Trinajstić information content (AvgIpc) is 2.93. The molecule has 2 aromatic rings. The van der Waals surface area contributed by atoms with Gasteiger partial charge < -0.3 is 9.64 Å². The number of hydrogen-bond acceptors (Lipinski definition) is 4. The summed E-state index contributed by atoms with van der Waals surface area (Å²) in [5.74, 6) is 0.544. The largest absolute Gasteiger partial charge is 0.478 e.